The number of hydrogen-bond donors (Lipinski definition) is 2. The van der Waals surface area contributed by atoms with Crippen molar-refractivity contribution in [2.24, 2.45) is 0 Å². The van der Waals surface area contributed by atoms with E-state index in [0.29, 0.717) is 12.8 Å². The molecule has 0 amide bonds. The summed E-state index contributed by atoms with van der Waals surface area (Å²) in [6.45, 7) is 0. The zero-order valence-corrected chi connectivity index (χ0v) is 14.8. The molecule has 132 valence electrons. The second-order valence-corrected chi connectivity index (χ2v) is 7.41. The van der Waals surface area contributed by atoms with E-state index in [4.69, 9.17) is 0 Å². The minimum absolute atomic E-state index is 0.102. The maximum absolute atomic E-state index is 12.3. The molecule has 0 spiro atoms. The minimum Gasteiger partial charge on any atom is -0.480 e. The van der Waals surface area contributed by atoms with E-state index in [1.54, 1.807) is 24.8 Å². The molecule has 4 rings (SSSR count). The number of aliphatic carboxylic acids is 1. The lowest BCUT2D eigenvalue weighted by molar-refractivity contribution is -0.144. The largest absolute Gasteiger partial charge is 0.480 e. The van der Waals surface area contributed by atoms with Crippen molar-refractivity contribution in [3.8, 4) is 0 Å². The zero-order valence-electron chi connectivity index (χ0n) is 13.9. The van der Waals surface area contributed by atoms with Gasteiger partial charge < -0.3 is 5.11 Å². The molecule has 0 unspecified atom stereocenters. The monoisotopic (exact) mass is 366 g/mol. The maximum Gasteiger partial charge on any atom is 0.324 e. The van der Waals surface area contributed by atoms with Crippen molar-refractivity contribution >= 4 is 17.3 Å². The van der Waals surface area contributed by atoms with E-state index >= 15 is 0 Å². The molecule has 1 saturated heterocycles. The van der Waals surface area contributed by atoms with Gasteiger partial charge in [-0.05, 0) is 12.0 Å². The number of nitrogens with zero attached hydrogens (tertiary/aromatic N) is 3. The molecule has 0 saturated carbocycles. The van der Waals surface area contributed by atoms with E-state index in [0.717, 1.165) is 16.3 Å². The predicted octanol–water partition coefficient (Wildman–Crippen LogP) is 2.82. The lowest BCUT2D eigenvalue weighted by Crippen LogP contribution is -2.50. The minimum atomic E-state index is -1.07. The van der Waals surface area contributed by atoms with Crippen LogP contribution < -0.4 is 5.32 Å². The van der Waals surface area contributed by atoms with Gasteiger partial charge in [0.2, 0.25) is 0 Å². The van der Waals surface area contributed by atoms with Gasteiger partial charge in [0.25, 0.3) is 0 Å². The Morgan fingerprint density at radius 1 is 1.23 bits per heavy atom. The van der Waals surface area contributed by atoms with Gasteiger partial charge in [0, 0.05) is 42.5 Å². The topological polar surface area (TPSA) is 88.0 Å². The van der Waals surface area contributed by atoms with E-state index in [2.05, 4.69) is 20.3 Å². The summed E-state index contributed by atoms with van der Waals surface area (Å²) in [6.07, 6.45) is 7.56. The number of nitrogens with one attached hydrogen (secondary N) is 1. The molecule has 1 aliphatic rings. The number of aromatic nitrogens is 3. The molecule has 26 heavy (non-hydrogen) atoms. The van der Waals surface area contributed by atoms with Gasteiger partial charge in [-0.3, -0.25) is 20.1 Å². The van der Waals surface area contributed by atoms with Gasteiger partial charge in [0.05, 0.1) is 11.7 Å². The van der Waals surface area contributed by atoms with Crippen molar-refractivity contribution in [1.29, 1.82) is 0 Å². The molecular weight excluding hydrogens is 348 g/mol. The van der Waals surface area contributed by atoms with Gasteiger partial charge in [0.1, 0.15) is 10.5 Å². The molecule has 1 fully saturated rings. The van der Waals surface area contributed by atoms with Crippen LogP contribution in [-0.2, 0) is 11.2 Å². The first-order valence-electron chi connectivity index (χ1n) is 8.38. The van der Waals surface area contributed by atoms with Crippen LogP contribution >= 0.6 is 11.3 Å². The summed E-state index contributed by atoms with van der Waals surface area (Å²) >= 11 is 1.52. The molecule has 3 heterocycles. The average molecular weight is 366 g/mol. The maximum atomic E-state index is 12.3. The third-order valence-electron chi connectivity index (χ3n) is 4.84. The summed E-state index contributed by atoms with van der Waals surface area (Å²) in [5.74, 6) is -0.955. The molecule has 1 aliphatic heterocycles. The predicted molar refractivity (Wildman–Crippen MR) is 97.9 cm³/mol. The molecule has 3 atom stereocenters. The third-order valence-corrected chi connectivity index (χ3v) is 5.70. The first kappa shape index (κ1) is 16.8. The highest BCUT2D eigenvalue weighted by Gasteiger charge is 2.52. The van der Waals surface area contributed by atoms with Crippen molar-refractivity contribution < 1.29 is 9.90 Å². The van der Waals surface area contributed by atoms with Gasteiger partial charge in [-0.1, -0.05) is 30.3 Å². The van der Waals surface area contributed by atoms with Crippen molar-refractivity contribution in [3.05, 3.63) is 76.8 Å². The van der Waals surface area contributed by atoms with Crippen molar-refractivity contribution in [2.45, 2.75) is 30.3 Å². The summed E-state index contributed by atoms with van der Waals surface area (Å²) in [6, 6.07) is 9.50. The van der Waals surface area contributed by atoms with E-state index in [1.807, 2.05) is 35.7 Å². The number of carboxylic acids is 1. The molecule has 6 nitrogen and oxygen atoms in total. The zero-order chi connectivity index (χ0) is 18.0. The highest BCUT2D eigenvalue weighted by Crippen LogP contribution is 2.45. The molecular formula is C19H18N4O2S. The fourth-order valence-electron chi connectivity index (χ4n) is 3.64. The van der Waals surface area contributed by atoms with E-state index in [9.17, 15) is 9.90 Å². The van der Waals surface area contributed by atoms with Crippen molar-refractivity contribution in [1.82, 2.24) is 20.3 Å². The number of carboxylic acid groups (broad SMARTS) is 1. The summed E-state index contributed by atoms with van der Waals surface area (Å²) in [4.78, 5) is 25.3. The van der Waals surface area contributed by atoms with Gasteiger partial charge in [-0.15, -0.1) is 11.3 Å². The Balaban J connectivity index is 1.73. The summed E-state index contributed by atoms with van der Waals surface area (Å²) in [5, 5.41) is 16.3. The highest BCUT2D eigenvalue weighted by molar-refractivity contribution is 7.09. The summed E-state index contributed by atoms with van der Waals surface area (Å²) in [7, 11) is 0. The van der Waals surface area contributed by atoms with Crippen LogP contribution in [0, 0.1) is 0 Å². The number of thiazole rings is 1. The molecule has 1 aromatic carbocycles. The summed E-state index contributed by atoms with van der Waals surface area (Å²) < 4.78 is 0. The van der Waals surface area contributed by atoms with Crippen LogP contribution in [0.3, 0.4) is 0 Å². The second kappa shape index (κ2) is 6.93. The summed E-state index contributed by atoms with van der Waals surface area (Å²) in [5.41, 5.74) is 0.705. The smallest absolute Gasteiger partial charge is 0.324 e. The van der Waals surface area contributed by atoms with E-state index in [1.165, 1.54) is 11.3 Å². The fraction of sp³-hybridized carbons (Fsp3) is 0.263. The Labute approximate surface area is 155 Å². The number of benzene rings is 1. The van der Waals surface area contributed by atoms with E-state index in [-0.39, 0.29) is 12.0 Å². The first-order chi connectivity index (χ1) is 12.7. The normalized spacial score (nSPS) is 25.2. The Kier molecular flexibility index (Phi) is 4.48. The Morgan fingerprint density at radius 2 is 2.08 bits per heavy atom. The van der Waals surface area contributed by atoms with Crippen LogP contribution in [0.1, 0.15) is 34.6 Å². The molecule has 2 aromatic heterocycles. The third kappa shape index (κ3) is 3.11. The van der Waals surface area contributed by atoms with Gasteiger partial charge >= 0.3 is 5.97 Å². The molecule has 2 N–H and O–H groups in total. The van der Waals surface area contributed by atoms with E-state index < -0.39 is 11.5 Å². The molecule has 0 bridgehead atoms. The van der Waals surface area contributed by atoms with Gasteiger partial charge in [-0.25, -0.2) is 4.98 Å². The standard InChI is InChI=1S/C19H18N4O2S/c24-18(25)19(10-13-4-2-1-3-5-13)11-14(15-12-20-6-7-21-15)16(23-19)17-22-8-9-26-17/h1-9,12,14,16,23H,10-11H2,(H,24,25)/t14-,16-,19-/m1/s1. The number of carbonyl (C=O) groups is 1. The van der Waals surface area contributed by atoms with Crippen LogP contribution in [0.2, 0.25) is 0 Å². The second-order valence-electron chi connectivity index (χ2n) is 6.48. The highest BCUT2D eigenvalue weighted by atomic mass is 32.1. The lowest BCUT2D eigenvalue weighted by Gasteiger charge is -2.25. The molecule has 3 aromatic rings. The first-order valence-corrected chi connectivity index (χ1v) is 9.26. The number of rotatable bonds is 5. The Morgan fingerprint density at radius 3 is 2.73 bits per heavy atom. The van der Waals surface area contributed by atoms with Crippen LogP contribution in [0.5, 0.6) is 0 Å². The van der Waals surface area contributed by atoms with Crippen LogP contribution in [0.15, 0.2) is 60.5 Å². The van der Waals surface area contributed by atoms with Crippen LogP contribution in [0.25, 0.3) is 0 Å². The number of hydrogen-bond acceptors (Lipinski definition) is 6. The van der Waals surface area contributed by atoms with Crippen LogP contribution in [-0.4, -0.2) is 31.6 Å². The van der Waals surface area contributed by atoms with Crippen molar-refractivity contribution in [3.63, 3.8) is 0 Å². The van der Waals surface area contributed by atoms with Gasteiger partial charge in [0.15, 0.2) is 0 Å². The molecule has 0 radical (unpaired) electrons. The molecule has 7 heteroatoms. The van der Waals surface area contributed by atoms with Crippen LogP contribution in [0.4, 0.5) is 0 Å². The molecule has 0 aliphatic carbocycles. The van der Waals surface area contributed by atoms with Crippen molar-refractivity contribution in [2.75, 3.05) is 0 Å². The Bertz CT molecular complexity index is 873. The lowest BCUT2D eigenvalue weighted by atomic mass is 9.85. The van der Waals surface area contributed by atoms with Gasteiger partial charge in [-0.2, -0.15) is 0 Å². The average Bonchev–Trinajstić information content (AvgIpc) is 3.32. The quantitative estimate of drug-likeness (QED) is 0.722. The Hall–Kier alpha value is -2.64. The fourth-order valence-corrected chi connectivity index (χ4v) is 4.39. The SMILES string of the molecule is O=C(O)[C@@]1(Cc2ccccc2)C[C@H](c2cnccn2)[C@H](c2nccs2)N1.